The van der Waals surface area contributed by atoms with Gasteiger partial charge < -0.3 is 14.2 Å². The van der Waals surface area contributed by atoms with E-state index in [1.54, 1.807) is 0 Å². The van der Waals surface area contributed by atoms with Crippen LogP contribution in [-0.4, -0.2) is 4.57 Å². The molecular weight excluding hydrogens is 849 g/mol. The van der Waals surface area contributed by atoms with Crippen LogP contribution in [0.4, 0.5) is 17.1 Å². The maximum atomic E-state index is 6.30. The minimum Gasteiger partial charge on any atom is -0.488 e. The van der Waals surface area contributed by atoms with Gasteiger partial charge in [0.15, 0.2) is 0 Å². The lowest BCUT2D eigenvalue weighted by Crippen LogP contribution is -2.16. The standard InChI is InChI=1S/C67H50N2O/c1-66(2)58-22-13-11-20-53(58)65-59(66)23-14-24-62(65)68(49-33-27-43(28-34-49)45-29-35-52-50-18-9-8-15-46(50)41-70-64(52)38-45)48-31-25-42(26-32-48)44-30-36-61-55(37-44)56-39-54-51-19-10-12-21-57(51)67(3,4)60(54)40-63(56)69(61)47-16-6-5-7-17-47/h5-40H,41H2,1-4H3. The molecule has 1 aliphatic heterocycles. The van der Waals surface area contributed by atoms with E-state index in [9.17, 15) is 0 Å². The lowest BCUT2D eigenvalue weighted by Gasteiger charge is -2.29. The Morgan fingerprint density at radius 2 is 0.971 bits per heavy atom. The average Bonchev–Trinajstić information content (AvgIpc) is 3.94. The van der Waals surface area contributed by atoms with Crippen molar-refractivity contribution in [3.8, 4) is 67.1 Å². The highest BCUT2D eigenvalue weighted by Crippen LogP contribution is 2.55. The van der Waals surface area contributed by atoms with Crippen LogP contribution in [0.5, 0.6) is 5.75 Å². The molecule has 0 unspecified atom stereocenters. The molecule has 10 aromatic carbocycles. The highest BCUT2D eigenvalue weighted by molar-refractivity contribution is 6.13. The first-order chi connectivity index (χ1) is 34.2. The van der Waals surface area contributed by atoms with Gasteiger partial charge in [-0.05, 0) is 145 Å². The quantitative estimate of drug-likeness (QED) is 0.165. The van der Waals surface area contributed by atoms with Crippen LogP contribution in [0.15, 0.2) is 218 Å². The maximum Gasteiger partial charge on any atom is 0.128 e. The van der Waals surface area contributed by atoms with Gasteiger partial charge in [0.25, 0.3) is 0 Å². The van der Waals surface area contributed by atoms with Crippen LogP contribution in [0.2, 0.25) is 0 Å². The first kappa shape index (κ1) is 40.6. The summed E-state index contributed by atoms with van der Waals surface area (Å²) >= 11 is 0. The Hall–Kier alpha value is -8.40. The zero-order valence-electron chi connectivity index (χ0n) is 39.8. The van der Waals surface area contributed by atoms with Gasteiger partial charge in [-0.3, -0.25) is 0 Å². The second-order valence-corrected chi connectivity index (χ2v) is 20.4. The second-order valence-electron chi connectivity index (χ2n) is 20.4. The minimum absolute atomic E-state index is 0.0920. The summed E-state index contributed by atoms with van der Waals surface area (Å²) in [7, 11) is 0. The van der Waals surface area contributed by atoms with Crippen LogP contribution in [-0.2, 0) is 17.4 Å². The van der Waals surface area contributed by atoms with Crippen LogP contribution in [0.3, 0.4) is 0 Å². The van der Waals surface area contributed by atoms with E-state index in [4.69, 9.17) is 4.74 Å². The number of aromatic nitrogens is 1. The van der Waals surface area contributed by atoms with Crippen molar-refractivity contribution in [3.63, 3.8) is 0 Å². The molecule has 3 aliphatic rings. The SMILES string of the molecule is CC1(C)c2ccccc2-c2cc3c4cc(-c5ccc(N(c6ccc(-c7ccc8c(c7)OCc7ccccc7-8)cc6)c6cccc7c6-c6ccccc6C7(C)C)cc5)ccc4n(-c4ccccc4)c3cc21. The van der Waals surface area contributed by atoms with Crippen molar-refractivity contribution in [1.29, 1.82) is 0 Å². The Kier molecular flexibility index (Phi) is 8.74. The van der Waals surface area contributed by atoms with Crippen LogP contribution < -0.4 is 9.64 Å². The van der Waals surface area contributed by atoms with E-state index in [2.05, 4.69) is 256 Å². The summed E-state index contributed by atoms with van der Waals surface area (Å²) in [6, 6.07) is 81.0. The molecule has 0 N–H and O–H groups in total. The molecule has 0 bridgehead atoms. The van der Waals surface area contributed by atoms with E-state index in [0.29, 0.717) is 6.61 Å². The van der Waals surface area contributed by atoms with E-state index in [1.807, 2.05) is 0 Å². The van der Waals surface area contributed by atoms with Crippen molar-refractivity contribution in [3.05, 3.63) is 246 Å². The van der Waals surface area contributed by atoms with Crippen LogP contribution in [0, 0.1) is 0 Å². The Morgan fingerprint density at radius 3 is 1.71 bits per heavy atom. The topological polar surface area (TPSA) is 17.4 Å². The summed E-state index contributed by atoms with van der Waals surface area (Å²) < 4.78 is 8.76. The molecule has 334 valence electrons. The largest absolute Gasteiger partial charge is 0.488 e. The normalized spacial score (nSPS) is 14.3. The highest BCUT2D eigenvalue weighted by Gasteiger charge is 2.38. The zero-order chi connectivity index (χ0) is 46.9. The van der Waals surface area contributed by atoms with Crippen molar-refractivity contribution in [2.75, 3.05) is 4.90 Å². The summed E-state index contributed by atoms with van der Waals surface area (Å²) in [6.45, 7) is 10.0. The van der Waals surface area contributed by atoms with Gasteiger partial charge in [-0.25, -0.2) is 0 Å². The third-order valence-electron chi connectivity index (χ3n) is 15.9. The molecule has 0 fully saturated rings. The van der Waals surface area contributed by atoms with Crippen molar-refractivity contribution >= 4 is 38.9 Å². The first-order valence-electron chi connectivity index (χ1n) is 24.6. The highest BCUT2D eigenvalue weighted by atomic mass is 16.5. The molecule has 3 nitrogen and oxygen atoms in total. The molecule has 1 aromatic heterocycles. The second kappa shape index (κ2) is 15.0. The van der Waals surface area contributed by atoms with E-state index in [0.717, 1.165) is 33.8 Å². The minimum atomic E-state index is -0.127. The van der Waals surface area contributed by atoms with Gasteiger partial charge in [-0.2, -0.15) is 0 Å². The summed E-state index contributed by atoms with van der Waals surface area (Å²) in [5, 5.41) is 2.52. The van der Waals surface area contributed by atoms with Crippen molar-refractivity contribution in [2.45, 2.75) is 45.1 Å². The van der Waals surface area contributed by atoms with Crippen molar-refractivity contribution in [2.24, 2.45) is 0 Å². The lowest BCUT2D eigenvalue weighted by molar-refractivity contribution is 0.302. The summed E-state index contributed by atoms with van der Waals surface area (Å²) in [4.78, 5) is 2.45. The number of rotatable bonds is 6. The Balaban J connectivity index is 0.889. The molecule has 14 rings (SSSR count). The van der Waals surface area contributed by atoms with Crippen molar-refractivity contribution < 1.29 is 4.74 Å². The van der Waals surface area contributed by atoms with Gasteiger partial charge >= 0.3 is 0 Å². The summed E-state index contributed by atoms with van der Waals surface area (Å²) in [5.74, 6) is 0.933. The molecule has 0 saturated heterocycles. The maximum absolute atomic E-state index is 6.30. The van der Waals surface area contributed by atoms with Crippen LogP contribution >= 0.6 is 0 Å². The Labute approximate surface area is 409 Å². The van der Waals surface area contributed by atoms with Gasteiger partial charge in [0.2, 0.25) is 0 Å². The fourth-order valence-electron chi connectivity index (χ4n) is 12.3. The monoisotopic (exact) mass is 898 g/mol. The van der Waals surface area contributed by atoms with E-state index in [1.165, 1.54) is 99.9 Å². The molecule has 3 heteroatoms. The molecule has 11 aromatic rings. The number of benzene rings is 10. The number of hydrogen-bond acceptors (Lipinski definition) is 2. The molecular formula is C67H50N2O. The lowest BCUT2D eigenvalue weighted by atomic mass is 9.82. The molecule has 0 radical (unpaired) electrons. The Bertz CT molecular complexity index is 3930. The van der Waals surface area contributed by atoms with Crippen LogP contribution in [0.25, 0.3) is 83.1 Å². The molecule has 0 atom stereocenters. The van der Waals surface area contributed by atoms with E-state index in [-0.39, 0.29) is 10.8 Å². The molecule has 2 heterocycles. The number of para-hydroxylation sites is 1. The van der Waals surface area contributed by atoms with Gasteiger partial charge in [0.05, 0.1) is 16.7 Å². The summed E-state index contributed by atoms with van der Waals surface area (Å²) in [5.41, 5.74) is 25.8. The molecule has 0 saturated carbocycles. The number of nitrogens with zero attached hydrogens (tertiary/aromatic N) is 2. The number of anilines is 3. The molecule has 0 spiro atoms. The van der Waals surface area contributed by atoms with Crippen LogP contribution in [0.1, 0.15) is 55.5 Å². The Morgan fingerprint density at radius 1 is 0.400 bits per heavy atom. The fourth-order valence-corrected chi connectivity index (χ4v) is 12.3. The number of fused-ring (bicyclic) bond motifs is 12. The molecule has 70 heavy (non-hydrogen) atoms. The van der Waals surface area contributed by atoms with Gasteiger partial charge in [0, 0.05) is 49.8 Å². The van der Waals surface area contributed by atoms with Gasteiger partial charge in [-0.15, -0.1) is 0 Å². The van der Waals surface area contributed by atoms with Gasteiger partial charge in [0.1, 0.15) is 12.4 Å². The summed E-state index contributed by atoms with van der Waals surface area (Å²) in [6.07, 6.45) is 0. The van der Waals surface area contributed by atoms with Gasteiger partial charge in [-0.1, -0.05) is 173 Å². The van der Waals surface area contributed by atoms with Crippen molar-refractivity contribution in [1.82, 2.24) is 4.57 Å². The van der Waals surface area contributed by atoms with E-state index < -0.39 is 0 Å². The number of hydrogen-bond donors (Lipinski definition) is 0. The predicted molar refractivity (Wildman–Crippen MR) is 291 cm³/mol. The third kappa shape index (κ3) is 5.94. The predicted octanol–water partition coefficient (Wildman–Crippen LogP) is 17.8. The number of ether oxygens (including phenoxy) is 1. The third-order valence-corrected chi connectivity index (χ3v) is 15.9. The zero-order valence-corrected chi connectivity index (χ0v) is 39.8. The molecule has 0 amide bonds. The smallest absolute Gasteiger partial charge is 0.128 e. The average molecular weight is 899 g/mol. The van der Waals surface area contributed by atoms with E-state index >= 15 is 0 Å². The fraction of sp³-hybridized carbons (Fsp3) is 0.104. The first-order valence-corrected chi connectivity index (χ1v) is 24.6. The molecule has 2 aliphatic carbocycles.